The van der Waals surface area contributed by atoms with Crippen LogP contribution in [-0.4, -0.2) is 9.85 Å². The Morgan fingerprint density at radius 3 is 1.69 bits per heavy atom. The largest absolute Gasteiger partial charge is 0.418 e. The maximum atomic E-state index is 13.4. The Morgan fingerprint density at radius 1 is 0.793 bits per heavy atom. The van der Waals surface area contributed by atoms with Crippen molar-refractivity contribution in [2.24, 2.45) is 0 Å². The van der Waals surface area contributed by atoms with Crippen molar-refractivity contribution in [3.05, 3.63) is 64.6 Å². The lowest BCUT2D eigenvalue weighted by molar-refractivity contribution is -0.394. The van der Waals surface area contributed by atoms with Gasteiger partial charge in [0.15, 0.2) is 0 Å². The summed E-state index contributed by atoms with van der Waals surface area (Å²) in [5.74, 6) is 0. The molecule has 0 aliphatic carbocycles. The summed E-state index contributed by atoms with van der Waals surface area (Å²) in [6, 6.07) is 1.50. The maximum absolute atomic E-state index is 13.4. The fraction of sp³-hybridized carbons (Fsp3) is 0.143. The van der Waals surface area contributed by atoms with Gasteiger partial charge in [0.2, 0.25) is 0 Å². The highest BCUT2D eigenvalue weighted by Crippen LogP contribution is 2.46. The lowest BCUT2D eigenvalue weighted by atomic mass is 10.1. The minimum absolute atomic E-state index is 0.0845. The Morgan fingerprint density at radius 2 is 1.31 bits per heavy atom. The SMILES string of the molecule is O=[N+]([O-])c1cc([N+](=O)[O-])c(Nc2c(Br)cc(C(F)(F)F)cc2Br)c(C(F)(F)F)c1. The van der Waals surface area contributed by atoms with E-state index in [4.69, 9.17) is 0 Å². The maximum Gasteiger partial charge on any atom is 0.418 e. The second kappa shape index (κ2) is 7.78. The van der Waals surface area contributed by atoms with E-state index in [2.05, 4.69) is 37.2 Å². The van der Waals surface area contributed by atoms with Gasteiger partial charge in [-0.25, -0.2) is 0 Å². The van der Waals surface area contributed by atoms with Gasteiger partial charge in [0.1, 0.15) is 5.69 Å². The molecule has 29 heavy (non-hydrogen) atoms. The molecule has 0 spiro atoms. The van der Waals surface area contributed by atoms with Gasteiger partial charge in [-0.3, -0.25) is 20.2 Å². The van der Waals surface area contributed by atoms with Crippen LogP contribution in [0.3, 0.4) is 0 Å². The normalized spacial score (nSPS) is 12.0. The molecule has 0 bridgehead atoms. The van der Waals surface area contributed by atoms with Crippen LogP contribution < -0.4 is 5.32 Å². The zero-order valence-electron chi connectivity index (χ0n) is 13.4. The van der Waals surface area contributed by atoms with Crippen LogP contribution in [0, 0.1) is 20.2 Å². The molecule has 0 heterocycles. The molecule has 1 N–H and O–H groups in total. The molecule has 2 aromatic rings. The number of hydrogen-bond acceptors (Lipinski definition) is 5. The van der Waals surface area contributed by atoms with E-state index < -0.39 is 50.4 Å². The number of non-ortho nitro benzene ring substituents is 1. The van der Waals surface area contributed by atoms with Crippen LogP contribution in [0.15, 0.2) is 33.2 Å². The van der Waals surface area contributed by atoms with E-state index in [1.54, 1.807) is 0 Å². The average Bonchev–Trinajstić information content (AvgIpc) is 2.55. The number of alkyl halides is 6. The Labute approximate surface area is 173 Å². The highest BCUT2D eigenvalue weighted by atomic mass is 79.9. The predicted octanol–water partition coefficient (Wildman–Crippen LogP) is 6.81. The topological polar surface area (TPSA) is 98.3 Å². The second-order valence-corrected chi connectivity index (χ2v) is 7.05. The number of rotatable bonds is 4. The van der Waals surface area contributed by atoms with Crippen molar-refractivity contribution in [2.75, 3.05) is 5.32 Å². The summed E-state index contributed by atoms with van der Waals surface area (Å²) in [4.78, 5) is 19.5. The van der Waals surface area contributed by atoms with E-state index in [1.165, 1.54) is 0 Å². The van der Waals surface area contributed by atoms with Crippen LogP contribution in [0.4, 0.5) is 49.1 Å². The molecule has 0 fully saturated rings. The third-order valence-corrected chi connectivity index (χ3v) is 4.69. The van der Waals surface area contributed by atoms with E-state index in [-0.39, 0.29) is 20.7 Å². The highest BCUT2D eigenvalue weighted by Gasteiger charge is 2.40. The smallest absolute Gasteiger partial charge is 0.348 e. The van der Waals surface area contributed by atoms with E-state index >= 15 is 0 Å². The van der Waals surface area contributed by atoms with E-state index in [0.29, 0.717) is 18.2 Å². The first kappa shape index (κ1) is 22.9. The monoisotopic (exact) mass is 551 g/mol. The third-order valence-electron chi connectivity index (χ3n) is 3.43. The number of benzene rings is 2. The number of anilines is 2. The molecule has 0 atom stereocenters. The van der Waals surface area contributed by atoms with Crippen LogP contribution >= 0.6 is 31.9 Å². The first-order valence-corrected chi connectivity index (χ1v) is 8.58. The quantitative estimate of drug-likeness (QED) is 0.255. The Balaban J connectivity index is 2.75. The minimum Gasteiger partial charge on any atom is -0.348 e. The zero-order valence-corrected chi connectivity index (χ0v) is 16.5. The molecule has 2 rings (SSSR count). The Hall–Kier alpha value is -2.42. The van der Waals surface area contributed by atoms with Crippen LogP contribution in [0.2, 0.25) is 0 Å². The van der Waals surface area contributed by atoms with E-state index in [0.717, 1.165) is 0 Å². The molecule has 0 saturated heterocycles. The fourth-order valence-corrected chi connectivity index (χ4v) is 3.58. The molecule has 2 aromatic carbocycles. The lowest BCUT2D eigenvalue weighted by Gasteiger charge is -2.18. The number of hydrogen-bond donors (Lipinski definition) is 1. The summed E-state index contributed by atoms with van der Waals surface area (Å²) in [7, 11) is 0. The van der Waals surface area contributed by atoms with Crippen molar-refractivity contribution in [2.45, 2.75) is 12.4 Å². The average molecular weight is 553 g/mol. The van der Waals surface area contributed by atoms with Gasteiger partial charge in [-0.2, -0.15) is 26.3 Å². The summed E-state index contributed by atoms with van der Waals surface area (Å²) in [5, 5.41) is 24.1. The first-order chi connectivity index (χ1) is 13.1. The molecule has 0 amide bonds. The molecule has 0 saturated carbocycles. The molecular weight excluding hydrogens is 548 g/mol. The molecule has 0 unspecified atom stereocenters. The van der Waals surface area contributed by atoms with Crippen LogP contribution in [0.1, 0.15) is 11.1 Å². The molecular formula is C14H5Br2F6N3O4. The molecule has 7 nitrogen and oxygen atoms in total. The van der Waals surface area contributed by atoms with Gasteiger partial charge in [0.25, 0.3) is 11.4 Å². The van der Waals surface area contributed by atoms with Crippen molar-refractivity contribution >= 4 is 54.6 Å². The van der Waals surface area contributed by atoms with Crippen molar-refractivity contribution < 1.29 is 36.2 Å². The van der Waals surface area contributed by atoms with Crippen molar-refractivity contribution in [3.63, 3.8) is 0 Å². The lowest BCUT2D eigenvalue weighted by Crippen LogP contribution is -2.12. The van der Waals surface area contributed by atoms with Gasteiger partial charge in [0, 0.05) is 15.0 Å². The number of halogens is 8. The van der Waals surface area contributed by atoms with Gasteiger partial charge in [-0.1, -0.05) is 0 Å². The van der Waals surface area contributed by atoms with E-state index in [9.17, 15) is 46.6 Å². The van der Waals surface area contributed by atoms with Crippen LogP contribution in [0.5, 0.6) is 0 Å². The Kier molecular flexibility index (Phi) is 6.13. The Bertz CT molecular complexity index is 987. The standard InChI is InChI=1S/C14H5Br2F6N3O4/c15-8-1-5(13(17,18)19)2-9(16)12(8)23-11-7(14(20,21)22)3-6(24(26)27)4-10(11)25(28)29/h1-4,23H. The fourth-order valence-electron chi connectivity index (χ4n) is 2.20. The van der Waals surface area contributed by atoms with Crippen LogP contribution in [-0.2, 0) is 12.4 Å². The second-order valence-electron chi connectivity index (χ2n) is 5.34. The van der Waals surface area contributed by atoms with Gasteiger partial charge in [0.05, 0.1) is 32.7 Å². The third kappa shape index (κ3) is 4.95. The van der Waals surface area contributed by atoms with Crippen molar-refractivity contribution in [1.82, 2.24) is 0 Å². The van der Waals surface area contributed by atoms with Crippen molar-refractivity contribution in [1.29, 1.82) is 0 Å². The number of nitrogens with one attached hydrogen (secondary N) is 1. The molecule has 0 aliphatic heterocycles. The van der Waals surface area contributed by atoms with Gasteiger partial charge in [-0.05, 0) is 44.0 Å². The first-order valence-electron chi connectivity index (χ1n) is 7.00. The zero-order chi connectivity index (χ0) is 22.3. The molecule has 0 aliphatic rings. The van der Waals surface area contributed by atoms with Crippen LogP contribution in [0.25, 0.3) is 0 Å². The number of nitro groups is 2. The minimum atomic E-state index is -5.25. The van der Waals surface area contributed by atoms with E-state index in [1.807, 2.05) is 0 Å². The molecule has 15 heteroatoms. The number of nitro benzene ring substituents is 2. The highest BCUT2D eigenvalue weighted by molar-refractivity contribution is 9.11. The molecule has 0 aromatic heterocycles. The van der Waals surface area contributed by atoms with Gasteiger partial charge >= 0.3 is 12.4 Å². The summed E-state index contributed by atoms with van der Waals surface area (Å²) < 4.78 is 78.0. The summed E-state index contributed by atoms with van der Waals surface area (Å²) in [5.41, 5.74) is -6.91. The van der Waals surface area contributed by atoms with Gasteiger partial charge < -0.3 is 5.32 Å². The summed E-state index contributed by atoms with van der Waals surface area (Å²) in [6.45, 7) is 0. The van der Waals surface area contributed by atoms with Crippen molar-refractivity contribution in [3.8, 4) is 0 Å². The number of nitrogens with zero attached hydrogens (tertiary/aromatic N) is 2. The van der Waals surface area contributed by atoms with Gasteiger partial charge in [-0.15, -0.1) is 0 Å². The molecule has 156 valence electrons. The summed E-state index contributed by atoms with van der Waals surface area (Å²) in [6.07, 6.45) is -10.0. The molecule has 0 radical (unpaired) electrons. The summed E-state index contributed by atoms with van der Waals surface area (Å²) >= 11 is 5.54. The predicted molar refractivity (Wildman–Crippen MR) is 94.9 cm³/mol.